The van der Waals surface area contributed by atoms with Gasteiger partial charge in [0, 0.05) is 11.5 Å². The Labute approximate surface area is 114 Å². The number of halogens is 1. The Balaban J connectivity index is 1.88. The second-order valence-electron chi connectivity index (χ2n) is 4.63. The van der Waals surface area contributed by atoms with E-state index in [1.807, 2.05) is 0 Å². The maximum atomic E-state index is 12.1. The SMILES string of the molecule is O=C(c1cc(Cl)c2c(c1)OCCO2)C1C[C@@H]1C(=O)O. The van der Waals surface area contributed by atoms with Gasteiger partial charge in [-0.3, -0.25) is 9.59 Å². The number of ketones is 1. The van der Waals surface area contributed by atoms with Gasteiger partial charge in [0.25, 0.3) is 0 Å². The lowest BCUT2D eigenvalue weighted by Gasteiger charge is -2.20. The number of carboxylic acid groups (broad SMARTS) is 1. The molecule has 3 rings (SSSR count). The minimum absolute atomic E-state index is 0.203. The molecule has 1 aliphatic carbocycles. The standard InChI is InChI=1S/C13H11ClO5/c14-9-3-6(4-10-12(9)19-2-1-18-10)11(15)7-5-8(7)13(16)17/h3-4,7-8H,1-2,5H2,(H,16,17)/t7?,8-/m0/s1. The molecular weight excluding hydrogens is 272 g/mol. The van der Waals surface area contributed by atoms with Gasteiger partial charge >= 0.3 is 5.97 Å². The van der Waals surface area contributed by atoms with Gasteiger partial charge in [-0.1, -0.05) is 11.6 Å². The summed E-state index contributed by atoms with van der Waals surface area (Å²) in [5.41, 5.74) is 0.378. The summed E-state index contributed by atoms with van der Waals surface area (Å²) in [6, 6.07) is 3.08. The highest BCUT2D eigenvalue weighted by atomic mass is 35.5. The highest BCUT2D eigenvalue weighted by Gasteiger charge is 2.48. The third kappa shape index (κ3) is 2.14. The topological polar surface area (TPSA) is 72.8 Å². The molecule has 0 amide bonds. The van der Waals surface area contributed by atoms with Crippen LogP contribution in [0.5, 0.6) is 11.5 Å². The Morgan fingerprint density at radius 2 is 1.95 bits per heavy atom. The molecule has 1 aliphatic heterocycles. The van der Waals surface area contributed by atoms with Crippen LogP contribution in [0, 0.1) is 11.8 Å². The summed E-state index contributed by atoms with van der Waals surface area (Å²) in [6.45, 7) is 0.825. The Morgan fingerprint density at radius 1 is 1.21 bits per heavy atom. The van der Waals surface area contributed by atoms with Gasteiger partial charge in [0.2, 0.25) is 0 Å². The molecule has 2 atom stereocenters. The van der Waals surface area contributed by atoms with Gasteiger partial charge < -0.3 is 14.6 Å². The van der Waals surface area contributed by atoms with Crippen LogP contribution in [0.2, 0.25) is 5.02 Å². The lowest BCUT2D eigenvalue weighted by Crippen LogP contribution is -2.16. The number of hydrogen-bond acceptors (Lipinski definition) is 4. The van der Waals surface area contributed by atoms with Gasteiger partial charge in [0.15, 0.2) is 17.3 Å². The molecule has 5 nitrogen and oxygen atoms in total. The van der Waals surface area contributed by atoms with Crippen LogP contribution in [0.4, 0.5) is 0 Å². The van der Waals surface area contributed by atoms with Crippen molar-refractivity contribution >= 4 is 23.4 Å². The van der Waals surface area contributed by atoms with E-state index in [-0.39, 0.29) is 5.78 Å². The van der Waals surface area contributed by atoms with Crippen LogP contribution in [0.3, 0.4) is 0 Å². The van der Waals surface area contributed by atoms with Gasteiger partial charge in [-0.25, -0.2) is 0 Å². The van der Waals surface area contributed by atoms with Crippen molar-refractivity contribution in [1.29, 1.82) is 0 Å². The summed E-state index contributed by atoms with van der Waals surface area (Å²) in [6.07, 6.45) is 0.389. The number of fused-ring (bicyclic) bond motifs is 1. The molecule has 0 radical (unpaired) electrons. The van der Waals surface area contributed by atoms with E-state index in [2.05, 4.69) is 0 Å². The lowest BCUT2D eigenvalue weighted by molar-refractivity contribution is -0.138. The van der Waals surface area contributed by atoms with E-state index >= 15 is 0 Å². The van der Waals surface area contributed by atoms with E-state index in [9.17, 15) is 9.59 Å². The van der Waals surface area contributed by atoms with Crippen molar-refractivity contribution in [3.63, 3.8) is 0 Å². The quantitative estimate of drug-likeness (QED) is 0.859. The number of carboxylic acids is 1. The van der Waals surface area contributed by atoms with Crippen LogP contribution in [0.15, 0.2) is 12.1 Å². The molecule has 1 saturated carbocycles. The van der Waals surface area contributed by atoms with Crippen molar-refractivity contribution in [3.05, 3.63) is 22.7 Å². The van der Waals surface area contributed by atoms with E-state index < -0.39 is 17.8 Å². The first kappa shape index (κ1) is 12.3. The van der Waals surface area contributed by atoms with Crippen molar-refractivity contribution in [1.82, 2.24) is 0 Å². The van der Waals surface area contributed by atoms with Gasteiger partial charge in [-0.2, -0.15) is 0 Å². The maximum Gasteiger partial charge on any atom is 0.307 e. The lowest BCUT2D eigenvalue weighted by atomic mass is 10.0. The number of hydrogen-bond donors (Lipinski definition) is 1. The van der Waals surface area contributed by atoms with E-state index in [4.69, 9.17) is 26.2 Å². The molecule has 1 unspecified atom stereocenters. The Kier molecular flexibility index (Phi) is 2.86. The summed E-state index contributed by atoms with van der Waals surface area (Å²) in [7, 11) is 0. The highest BCUT2D eigenvalue weighted by molar-refractivity contribution is 6.32. The first-order chi connectivity index (χ1) is 9.08. The molecule has 0 spiro atoms. The predicted molar refractivity (Wildman–Crippen MR) is 66.0 cm³/mol. The average molecular weight is 283 g/mol. The fraction of sp³-hybridized carbons (Fsp3) is 0.385. The van der Waals surface area contributed by atoms with E-state index in [1.165, 1.54) is 6.07 Å². The molecule has 0 saturated heterocycles. The molecule has 19 heavy (non-hydrogen) atoms. The van der Waals surface area contributed by atoms with Crippen molar-refractivity contribution in [2.75, 3.05) is 13.2 Å². The smallest absolute Gasteiger partial charge is 0.307 e. The van der Waals surface area contributed by atoms with Crippen LogP contribution in [-0.2, 0) is 4.79 Å². The molecule has 0 bridgehead atoms. The number of carbonyl (C=O) groups excluding carboxylic acids is 1. The van der Waals surface area contributed by atoms with Gasteiger partial charge in [0.05, 0.1) is 10.9 Å². The summed E-state index contributed by atoms with van der Waals surface area (Å²) >= 11 is 6.04. The summed E-state index contributed by atoms with van der Waals surface area (Å²) in [5, 5.41) is 9.16. The minimum atomic E-state index is -0.929. The van der Waals surface area contributed by atoms with Gasteiger partial charge in [-0.05, 0) is 18.6 Å². The molecule has 1 aromatic rings. The second kappa shape index (κ2) is 4.42. The van der Waals surface area contributed by atoms with E-state index in [1.54, 1.807) is 6.07 Å². The Bertz CT molecular complexity index is 568. The maximum absolute atomic E-state index is 12.1. The fourth-order valence-electron chi connectivity index (χ4n) is 2.22. The largest absolute Gasteiger partial charge is 0.486 e. The second-order valence-corrected chi connectivity index (χ2v) is 5.04. The van der Waals surface area contributed by atoms with Gasteiger partial charge in [0.1, 0.15) is 13.2 Å². The average Bonchev–Trinajstić information content (AvgIpc) is 3.18. The number of carbonyl (C=O) groups is 2. The van der Waals surface area contributed by atoms with Crippen LogP contribution in [-0.4, -0.2) is 30.1 Å². The van der Waals surface area contributed by atoms with Crippen molar-refractivity contribution in [2.45, 2.75) is 6.42 Å². The molecule has 0 aromatic heterocycles. The van der Waals surface area contributed by atoms with Gasteiger partial charge in [-0.15, -0.1) is 0 Å². The molecule has 1 aromatic carbocycles. The van der Waals surface area contributed by atoms with Crippen LogP contribution in [0.25, 0.3) is 0 Å². The molecule has 1 N–H and O–H groups in total. The minimum Gasteiger partial charge on any atom is -0.486 e. The number of aliphatic carboxylic acids is 1. The number of ether oxygens (including phenoxy) is 2. The number of Topliss-reactive ketones (excluding diaryl/α,β-unsaturated/α-hetero) is 1. The van der Waals surface area contributed by atoms with Crippen molar-refractivity contribution < 1.29 is 24.2 Å². The van der Waals surface area contributed by atoms with Crippen LogP contribution < -0.4 is 9.47 Å². The fourth-order valence-corrected chi connectivity index (χ4v) is 2.49. The zero-order chi connectivity index (χ0) is 13.6. The molecule has 1 fully saturated rings. The number of rotatable bonds is 3. The first-order valence-corrected chi connectivity index (χ1v) is 6.32. The summed E-state index contributed by atoms with van der Waals surface area (Å²) < 4.78 is 10.8. The van der Waals surface area contributed by atoms with Crippen LogP contribution >= 0.6 is 11.6 Å². The van der Waals surface area contributed by atoms with Crippen molar-refractivity contribution in [2.24, 2.45) is 11.8 Å². The molecule has 100 valence electrons. The highest BCUT2D eigenvalue weighted by Crippen LogP contribution is 2.44. The third-order valence-electron chi connectivity index (χ3n) is 3.33. The molecule has 2 aliphatic rings. The monoisotopic (exact) mass is 282 g/mol. The summed E-state index contributed by atoms with van der Waals surface area (Å²) in [4.78, 5) is 22.9. The predicted octanol–water partition coefficient (Wildman–Crippen LogP) is 2.01. The first-order valence-electron chi connectivity index (χ1n) is 5.94. The third-order valence-corrected chi connectivity index (χ3v) is 3.61. The molecule has 6 heteroatoms. The Morgan fingerprint density at radius 3 is 2.63 bits per heavy atom. The number of benzene rings is 1. The van der Waals surface area contributed by atoms with E-state index in [0.29, 0.717) is 41.7 Å². The van der Waals surface area contributed by atoms with E-state index in [0.717, 1.165) is 0 Å². The molecular formula is C13H11ClO5. The normalized spacial score (nSPS) is 23.8. The zero-order valence-electron chi connectivity index (χ0n) is 9.89. The zero-order valence-corrected chi connectivity index (χ0v) is 10.6. The Hall–Kier alpha value is -1.75. The van der Waals surface area contributed by atoms with Crippen molar-refractivity contribution in [3.8, 4) is 11.5 Å². The molecule has 1 heterocycles. The summed E-state index contributed by atoms with van der Waals surface area (Å²) in [5.74, 6) is -1.27. The van der Waals surface area contributed by atoms with Crippen LogP contribution in [0.1, 0.15) is 16.8 Å².